The molecule has 6 nitrogen and oxygen atoms in total. The SMILES string of the molecule is CCN(CC)CCCN1C(=O)C(O)=C(C(=O)c2sc(-c3ccccc3)nc2C)C1c1ccc(C(C)C)cc1. The predicted octanol–water partition coefficient (Wildman–Crippen LogP) is 6.55. The number of carbonyl (C=O) groups excluding carboxylic acids is 2. The smallest absolute Gasteiger partial charge is 0.290 e. The van der Waals surface area contributed by atoms with Crippen molar-refractivity contribution in [2.24, 2.45) is 0 Å². The van der Waals surface area contributed by atoms with Gasteiger partial charge >= 0.3 is 0 Å². The van der Waals surface area contributed by atoms with Gasteiger partial charge in [-0.3, -0.25) is 9.59 Å². The Kier molecular flexibility index (Phi) is 8.80. The highest BCUT2D eigenvalue weighted by Gasteiger charge is 2.44. The Labute approximate surface area is 229 Å². The van der Waals surface area contributed by atoms with Crippen LogP contribution in [-0.2, 0) is 4.79 Å². The van der Waals surface area contributed by atoms with Crippen LogP contribution < -0.4 is 0 Å². The van der Waals surface area contributed by atoms with E-state index in [0.29, 0.717) is 23.0 Å². The molecule has 1 N–H and O–H groups in total. The third-order valence-corrected chi connectivity index (χ3v) is 8.46. The zero-order valence-corrected chi connectivity index (χ0v) is 23.7. The van der Waals surface area contributed by atoms with Crippen LogP contribution in [0.4, 0.5) is 0 Å². The van der Waals surface area contributed by atoms with Crippen molar-refractivity contribution in [1.82, 2.24) is 14.8 Å². The van der Waals surface area contributed by atoms with Crippen LogP contribution in [0.2, 0.25) is 0 Å². The van der Waals surface area contributed by atoms with Crippen LogP contribution in [0.15, 0.2) is 65.9 Å². The number of aromatic nitrogens is 1. The number of ketones is 1. The predicted molar refractivity (Wildman–Crippen MR) is 154 cm³/mol. The highest BCUT2D eigenvalue weighted by molar-refractivity contribution is 7.17. The number of hydrogen-bond acceptors (Lipinski definition) is 6. The Morgan fingerprint density at radius 1 is 1.08 bits per heavy atom. The second-order valence-corrected chi connectivity index (χ2v) is 11.0. The summed E-state index contributed by atoms with van der Waals surface area (Å²) in [6, 6.07) is 17.1. The fourth-order valence-electron chi connectivity index (χ4n) is 4.96. The number of aliphatic hydroxyl groups is 1. The summed E-state index contributed by atoms with van der Waals surface area (Å²) in [5.74, 6) is -0.918. The van der Waals surface area contributed by atoms with Gasteiger partial charge in [0.15, 0.2) is 5.76 Å². The Morgan fingerprint density at radius 3 is 2.34 bits per heavy atom. The largest absolute Gasteiger partial charge is 0.503 e. The van der Waals surface area contributed by atoms with E-state index in [0.717, 1.165) is 42.2 Å². The molecule has 1 atom stereocenters. The summed E-state index contributed by atoms with van der Waals surface area (Å²) in [5, 5.41) is 11.8. The Balaban J connectivity index is 1.71. The standard InChI is InChI=1S/C31H37N3O3S/c1-6-33(7-2)18-11-19-34-26(23-16-14-22(15-17-23)20(3)4)25(28(36)31(34)37)27(35)29-21(5)32-30(38-29)24-12-9-8-10-13-24/h8-10,12-17,20,26,36H,6-7,11,18-19H2,1-5H3. The molecule has 200 valence electrons. The van der Waals surface area contributed by atoms with Gasteiger partial charge in [-0.25, -0.2) is 4.98 Å². The lowest BCUT2D eigenvalue weighted by Gasteiger charge is -2.28. The van der Waals surface area contributed by atoms with E-state index in [-0.39, 0.29) is 11.4 Å². The summed E-state index contributed by atoms with van der Waals surface area (Å²) in [7, 11) is 0. The van der Waals surface area contributed by atoms with Crippen LogP contribution in [0.5, 0.6) is 0 Å². The van der Waals surface area contributed by atoms with Gasteiger partial charge in [0.2, 0.25) is 5.78 Å². The van der Waals surface area contributed by atoms with Crippen molar-refractivity contribution in [1.29, 1.82) is 0 Å². The number of nitrogens with zero attached hydrogens (tertiary/aromatic N) is 3. The first-order chi connectivity index (χ1) is 18.3. The van der Waals surface area contributed by atoms with Gasteiger partial charge in [0.25, 0.3) is 5.91 Å². The number of carbonyl (C=O) groups is 2. The lowest BCUT2D eigenvalue weighted by molar-refractivity contribution is -0.129. The Morgan fingerprint density at radius 2 is 1.74 bits per heavy atom. The van der Waals surface area contributed by atoms with Gasteiger partial charge in [-0.05, 0) is 50.0 Å². The summed E-state index contributed by atoms with van der Waals surface area (Å²) in [4.78, 5) is 36.4. The summed E-state index contributed by atoms with van der Waals surface area (Å²) in [6.07, 6.45) is 0.750. The number of aliphatic hydroxyl groups excluding tert-OH is 1. The molecule has 38 heavy (non-hydrogen) atoms. The molecule has 1 aliphatic rings. The molecule has 0 saturated carbocycles. The second kappa shape index (κ2) is 12.0. The molecule has 0 spiro atoms. The lowest BCUT2D eigenvalue weighted by atomic mass is 9.93. The lowest BCUT2D eigenvalue weighted by Crippen LogP contribution is -2.34. The monoisotopic (exact) mass is 531 g/mol. The van der Waals surface area contributed by atoms with E-state index in [2.05, 4.69) is 37.6 Å². The molecule has 0 radical (unpaired) electrons. The molecule has 2 heterocycles. The summed E-state index contributed by atoms with van der Waals surface area (Å²) >= 11 is 1.30. The molecule has 0 fully saturated rings. The van der Waals surface area contributed by atoms with E-state index in [1.165, 1.54) is 16.9 Å². The first-order valence-corrected chi connectivity index (χ1v) is 14.2. The van der Waals surface area contributed by atoms with Crippen molar-refractivity contribution in [2.75, 3.05) is 26.2 Å². The van der Waals surface area contributed by atoms with E-state index in [9.17, 15) is 14.7 Å². The van der Waals surface area contributed by atoms with Crippen molar-refractivity contribution < 1.29 is 14.7 Å². The topological polar surface area (TPSA) is 73.7 Å². The normalized spacial score (nSPS) is 15.8. The summed E-state index contributed by atoms with van der Waals surface area (Å²) in [5.41, 5.74) is 3.67. The van der Waals surface area contributed by atoms with Gasteiger partial charge in [0, 0.05) is 12.1 Å². The maximum absolute atomic E-state index is 14.0. The third kappa shape index (κ3) is 5.59. The van der Waals surface area contributed by atoms with Crippen LogP contribution >= 0.6 is 11.3 Å². The molecular weight excluding hydrogens is 494 g/mol. The molecule has 1 aromatic heterocycles. The number of Topliss-reactive ketones (excluding diaryl/α,β-unsaturated/α-hetero) is 1. The van der Waals surface area contributed by atoms with E-state index >= 15 is 0 Å². The highest BCUT2D eigenvalue weighted by atomic mass is 32.1. The van der Waals surface area contributed by atoms with Crippen LogP contribution in [0.25, 0.3) is 10.6 Å². The molecule has 0 saturated heterocycles. The molecule has 7 heteroatoms. The zero-order chi connectivity index (χ0) is 27.4. The Bertz CT molecular complexity index is 1310. The number of aryl methyl sites for hydroxylation is 1. The van der Waals surface area contributed by atoms with Crippen LogP contribution in [0.3, 0.4) is 0 Å². The van der Waals surface area contributed by atoms with Crippen molar-refractivity contribution in [3.8, 4) is 10.6 Å². The van der Waals surface area contributed by atoms with Crippen molar-refractivity contribution in [3.63, 3.8) is 0 Å². The first-order valence-electron chi connectivity index (χ1n) is 13.4. The fourth-order valence-corrected chi connectivity index (χ4v) is 5.99. The van der Waals surface area contributed by atoms with Crippen molar-refractivity contribution in [3.05, 3.63) is 87.6 Å². The van der Waals surface area contributed by atoms with Gasteiger partial charge in [-0.1, -0.05) is 82.3 Å². The number of rotatable bonds is 11. The quantitative estimate of drug-likeness (QED) is 0.284. The fraction of sp³-hybridized carbons (Fsp3) is 0.387. The third-order valence-electron chi connectivity index (χ3n) is 7.26. The van der Waals surface area contributed by atoms with E-state index in [1.54, 1.807) is 11.8 Å². The summed E-state index contributed by atoms with van der Waals surface area (Å²) in [6.45, 7) is 13.5. The van der Waals surface area contributed by atoms with E-state index in [4.69, 9.17) is 0 Å². The van der Waals surface area contributed by atoms with Gasteiger partial charge in [0.1, 0.15) is 5.01 Å². The Hall–Kier alpha value is -3.29. The van der Waals surface area contributed by atoms with E-state index in [1.807, 2.05) is 54.6 Å². The minimum atomic E-state index is -0.644. The van der Waals surface area contributed by atoms with E-state index < -0.39 is 17.7 Å². The minimum absolute atomic E-state index is 0.140. The summed E-state index contributed by atoms with van der Waals surface area (Å²) < 4.78 is 0. The molecule has 4 rings (SSSR count). The molecule has 1 unspecified atom stereocenters. The number of thiazole rings is 1. The van der Waals surface area contributed by atoms with Gasteiger partial charge in [0.05, 0.1) is 22.2 Å². The number of benzene rings is 2. The molecule has 2 aromatic carbocycles. The van der Waals surface area contributed by atoms with Crippen LogP contribution in [0.1, 0.15) is 72.6 Å². The molecule has 1 aliphatic heterocycles. The van der Waals surface area contributed by atoms with Gasteiger partial charge in [-0.15, -0.1) is 11.3 Å². The average molecular weight is 532 g/mol. The average Bonchev–Trinajstić information content (AvgIpc) is 3.44. The highest BCUT2D eigenvalue weighted by Crippen LogP contribution is 2.41. The zero-order valence-electron chi connectivity index (χ0n) is 22.9. The number of hydrogen-bond donors (Lipinski definition) is 1. The second-order valence-electron chi connectivity index (χ2n) is 9.99. The van der Waals surface area contributed by atoms with Gasteiger partial charge < -0.3 is 14.9 Å². The van der Waals surface area contributed by atoms with Crippen molar-refractivity contribution >= 4 is 23.0 Å². The minimum Gasteiger partial charge on any atom is -0.503 e. The molecule has 3 aromatic rings. The molecular formula is C31H37N3O3S. The molecule has 1 amide bonds. The van der Waals surface area contributed by atoms with Crippen LogP contribution in [-0.4, -0.2) is 57.8 Å². The van der Waals surface area contributed by atoms with Crippen molar-refractivity contribution in [2.45, 2.75) is 53.0 Å². The maximum Gasteiger partial charge on any atom is 0.290 e. The molecule has 0 bridgehead atoms. The molecule has 0 aliphatic carbocycles. The maximum atomic E-state index is 14.0. The first kappa shape index (κ1) is 27.7. The number of amides is 1. The van der Waals surface area contributed by atoms with Gasteiger partial charge in [-0.2, -0.15) is 0 Å². The van der Waals surface area contributed by atoms with Crippen LogP contribution in [0, 0.1) is 6.92 Å².